The predicted molar refractivity (Wildman–Crippen MR) is 17.1 cm³/mol. The van der Waals surface area contributed by atoms with Crippen LogP contribution in [0.4, 0.5) is 5.82 Å². The zero-order valence-corrected chi connectivity index (χ0v) is 2.88. The van der Waals surface area contributed by atoms with Crippen LogP contribution < -0.4 is 5.73 Å². The summed E-state index contributed by atoms with van der Waals surface area (Å²) in [6.45, 7) is 0. The van der Waals surface area contributed by atoms with Crippen molar-refractivity contribution in [2.75, 3.05) is 0 Å². The molecular weight excluding hydrogens is 82.0 g/mol. The number of hydrogen-bond donors (Lipinski definition) is 0. The molecule has 1 N–H and O–H groups in total. The number of hydrogen-bond acceptors (Lipinski definition) is 3. The van der Waals surface area contributed by atoms with Crippen LogP contribution in [0.15, 0.2) is 10.8 Å². The Morgan fingerprint density at radius 3 is 2.83 bits per heavy atom. The van der Waals surface area contributed by atoms with Crippen LogP contribution in [0.25, 0.3) is 0 Å². The zero-order valence-electron chi connectivity index (χ0n) is 2.88. The van der Waals surface area contributed by atoms with E-state index in [9.17, 15) is 0 Å². The predicted octanol–water partition coefficient (Wildman–Crippen LogP) is -0.0160. The SMILES string of the molecule is [NH]c1conn1. The monoisotopic (exact) mass is 84.0 g/mol. The van der Waals surface area contributed by atoms with Gasteiger partial charge in [0.2, 0.25) is 5.82 Å². The quantitative estimate of drug-likeness (QED) is 0.444. The highest BCUT2D eigenvalue weighted by Crippen LogP contribution is 1.89. The molecule has 1 aromatic rings. The normalized spacial score (nSPS) is 8.67. The smallest absolute Gasteiger partial charge is 0.208 e. The molecule has 0 fully saturated rings. The Bertz CT molecular complexity index is 112. The van der Waals surface area contributed by atoms with Gasteiger partial charge in [-0.1, -0.05) is 5.10 Å². The molecule has 1 aromatic heterocycles. The number of rotatable bonds is 0. The Morgan fingerprint density at radius 1 is 1.83 bits per heavy atom. The van der Waals surface area contributed by atoms with Crippen LogP contribution in [0.1, 0.15) is 0 Å². The van der Waals surface area contributed by atoms with Crippen LogP contribution in [0.2, 0.25) is 0 Å². The van der Waals surface area contributed by atoms with E-state index in [1.807, 2.05) is 0 Å². The van der Waals surface area contributed by atoms with E-state index >= 15 is 0 Å². The van der Waals surface area contributed by atoms with E-state index in [1.54, 1.807) is 0 Å². The van der Waals surface area contributed by atoms with Crippen molar-refractivity contribution in [3.05, 3.63) is 6.26 Å². The summed E-state index contributed by atoms with van der Waals surface area (Å²) in [6, 6.07) is 0. The van der Waals surface area contributed by atoms with E-state index in [0.717, 1.165) is 6.26 Å². The van der Waals surface area contributed by atoms with E-state index in [-0.39, 0.29) is 5.82 Å². The molecule has 0 saturated carbocycles. The fourth-order valence-corrected chi connectivity index (χ4v) is 0.165. The summed E-state index contributed by atoms with van der Waals surface area (Å²) in [7, 11) is 0. The lowest BCUT2D eigenvalue weighted by Gasteiger charge is -1.58. The lowest BCUT2D eigenvalue weighted by Crippen LogP contribution is -1.64. The van der Waals surface area contributed by atoms with Gasteiger partial charge >= 0.3 is 0 Å². The first-order chi connectivity index (χ1) is 2.89. The number of aromatic nitrogens is 2. The number of nitrogens with zero attached hydrogens (tertiary/aromatic N) is 2. The summed E-state index contributed by atoms with van der Waals surface area (Å²) in [5, 5.41) is 6.18. The lowest BCUT2D eigenvalue weighted by atomic mass is 10.8. The first-order valence-corrected chi connectivity index (χ1v) is 1.38. The molecule has 0 bridgehead atoms. The van der Waals surface area contributed by atoms with Crippen molar-refractivity contribution in [3.63, 3.8) is 0 Å². The maximum Gasteiger partial charge on any atom is 0.208 e. The Balaban J connectivity index is 3.05. The second-order valence-corrected chi connectivity index (χ2v) is 0.790. The van der Waals surface area contributed by atoms with E-state index in [0.29, 0.717) is 0 Å². The zero-order chi connectivity index (χ0) is 4.41. The summed E-state index contributed by atoms with van der Waals surface area (Å²) in [5.41, 5.74) is 6.61. The topological polar surface area (TPSA) is 62.7 Å². The van der Waals surface area contributed by atoms with Gasteiger partial charge < -0.3 is 4.52 Å². The van der Waals surface area contributed by atoms with Crippen molar-refractivity contribution in [3.8, 4) is 0 Å². The molecule has 0 aliphatic rings. The van der Waals surface area contributed by atoms with E-state index in [4.69, 9.17) is 5.73 Å². The van der Waals surface area contributed by atoms with Crippen molar-refractivity contribution in [2.45, 2.75) is 0 Å². The summed E-state index contributed by atoms with van der Waals surface area (Å²) in [4.78, 5) is 0. The van der Waals surface area contributed by atoms with Crippen molar-refractivity contribution >= 4 is 5.82 Å². The van der Waals surface area contributed by atoms with Gasteiger partial charge in [0.1, 0.15) is 0 Å². The molecule has 4 heteroatoms. The van der Waals surface area contributed by atoms with E-state index < -0.39 is 0 Å². The van der Waals surface area contributed by atoms with Crippen LogP contribution in [0.3, 0.4) is 0 Å². The molecule has 4 nitrogen and oxygen atoms in total. The van der Waals surface area contributed by atoms with Gasteiger partial charge in [0.25, 0.3) is 0 Å². The fourth-order valence-electron chi connectivity index (χ4n) is 0.165. The third-order valence-electron chi connectivity index (χ3n) is 0.360. The molecule has 1 rings (SSSR count). The molecule has 31 valence electrons. The van der Waals surface area contributed by atoms with Gasteiger partial charge in [-0.25, -0.2) is 0 Å². The van der Waals surface area contributed by atoms with E-state index in [2.05, 4.69) is 14.9 Å². The molecule has 0 atom stereocenters. The highest BCUT2D eigenvalue weighted by atomic mass is 16.5. The largest absolute Gasteiger partial charge is 0.343 e. The van der Waals surface area contributed by atoms with Gasteiger partial charge in [-0.15, -0.1) is 0 Å². The highest BCUT2D eigenvalue weighted by molar-refractivity contribution is 5.10. The second kappa shape index (κ2) is 0.965. The summed E-state index contributed by atoms with van der Waals surface area (Å²) >= 11 is 0. The van der Waals surface area contributed by atoms with Crippen molar-refractivity contribution in [2.24, 2.45) is 0 Å². The maximum absolute atomic E-state index is 6.61. The molecule has 0 saturated heterocycles. The molecule has 1 radical (unpaired) electrons. The Labute approximate surface area is 33.9 Å². The van der Waals surface area contributed by atoms with Crippen LogP contribution in [0.5, 0.6) is 0 Å². The molecular formula is C2H2N3O. The third-order valence-corrected chi connectivity index (χ3v) is 0.360. The van der Waals surface area contributed by atoms with Crippen molar-refractivity contribution in [1.29, 1.82) is 0 Å². The van der Waals surface area contributed by atoms with Gasteiger partial charge in [0.15, 0.2) is 6.26 Å². The summed E-state index contributed by atoms with van der Waals surface area (Å²) in [6.07, 6.45) is 1.15. The minimum atomic E-state index is 0.0648. The molecule has 0 aliphatic heterocycles. The Morgan fingerprint density at radius 2 is 2.67 bits per heavy atom. The lowest BCUT2D eigenvalue weighted by molar-refractivity contribution is 0.393. The first-order valence-electron chi connectivity index (χ1n) is 1.38. The van der Waals surface area contributed by atoms with Gasteiger partial charge in [-0.2, -0.15) is 0 Å². The Kier molecular flexibility index (Phi) is 0.506. The summed E-state index contributed by atoms with van der Waals surface area (Å²) in [5.74, 6) is 0.0648. The van der Waals surface area contributed by atoms with Gasteiger partial charge in [-0.3, -0.25) is 5.73 Å². The average Bonchev–Trinajstić information content (AvgIpc) is 1.86. The minimum absolute atomic E-state index is 0.0648. The molecule has 6 heavy (non-hydrogen) atoms. The van der Waals surface area contributed by atoms with Gasteiger partial charge in [0.05, 0.1) is 0 Å². The van der Waals surface area contributed by atoms with Gasteiger partial charge in [-0.05, 0) is 0 Å². The third kappa shape index (κ3) is 0.314. The molecule has 0 aromatic carbocycles. The van der Waals surface area contributed by atoms with Crippen LogP contribution in [-0.2, 0) is 0 Å². The average molecular weight is 84.1 g/mol. The summed E-state index contributed by atoms with van der Waals surface area (Å²) < 4.78 is 4.17. The molecule has 0 spiro atoms. The van der Waals surface area contributed by atoms with Crippen molar-refractivity contribution in [1.82, 2.24) is 16.1 Å². The first kappa shape index (κ1) is 3.14. The van der Waals surface area contributed by atoms with Crippen molar-refractivity contribution < 1.29 is 4.52 Å². The molecule has 0 unspecified atom stereocenters. The second-order valence-electron chi connectivity index (χ2n) is 0.790. The van der Waals surface area contributed by atoms with Gasteiger partial charge in [0, 0.05) is 5.27 Å². The number of nitrogens with one attached hydrogen (secondary N) is 1. The highest BCUT2D eigenvalue weighted by Gasteiger charge is 1.82. The molecule has 1 heterocycles. The fraction of sp³-hybridized carbons (Fsp3) is 0. The maximum atomic E-state index is 6.61. The Hall–Kier alpha value is -1.06. The van der Waals surface area contributed by atoms with E-state index in [1.165, 1.54) is 0 Å². The van der Waals surface area contributed by atoms with Crippen LogP contribution in [-0.4, -0.2) is 10.4 Å². The van der Waals surface area contributed by atoms with Crippen LogP contribution in [0, 0.1) is 0 Å². The minimum Gasteiger partial charge on any atom is -0.343 e. The molecule has 0 amide bonds. The van der Waals surface area contributed by atoms with Crippen LogP contribution >= 0.6 is 0 Å². The molecule has 0 aliphatic carbocycles. The standard InChI is InChI=1S/C2H2N3O/c3-2-1-6-5-4-2/h1,3H.